The standard InChI is InChI=1S/C19H32Cl3P/c1-4-6-14-23(22,15-7-5-2,16-13-19(3,20)21)17-18-11-9-8-10-12-18/h8-12H,4-7,13-17H2,1-3H3. The van der Waals surface area contributed by atoms with Gasteiger partial charge in [0, 0.05) is 0 Å². The molecule has 1 aromatic carbocycles. The van der Waals surface area contributed by atoms with Gasteiger partial charge in [0.2, 0.25) is 0 Å². The molecule has 1 rings (SSSR count). The summed E-state index contributed by atoms with van der Waals surface area (Å²) in [6.07, 6.45) is 9.80. The van der Waals surface area contributed by atoms with E-state index in [2.05, 4.69) is 44.2 Å². The van der Waals surface area contributed by atoms with Gasteiger partial charge in [-0.25, -0.2) is 0 Å². The first-order valence-corrected chi connectivity index (χ1v) is 13.5. The Balaban J connectivity index is 3.10. The Kier molecular flexibility index (Phi) is 8.70. The second-order valence-electron chi connectivity index (χ2n) is 7.16. The van der Waals surface area contributed by atoms with Gasteiger partial charge in [-0.3, -0.25) is 0 Å². The van der Waals surface area contributed by atoms with Crippen molar-refractivity contribution in [1.29, 1.82) is 0 Å². The zero-order valence-corrected chi connectivity index (χ0v) is 18.0. The number of alkyl halides is 2. The van der Waals surface area contributed by atoms with Gasteiger partial charge >= 0.3 is 158 Å². The van der Waals surface area contributed by atoms with Gasteiger partial charge in [-0.1, -0.05) is 0 Å². The fraction of sp³-hybridized carbons (Fsp3) is 0.684. The van der Waals surface area contributed by atoms with Crippen LogP contribution in [-0.2, 0) is 6.16 Å². The Morgan fingerprint density at radius 2 is 1.43 bits per heavy atom. The molecular weight excluding hydrogens is 366 g/mol. The zero-order valence-electron chi connectivity index (χ0n) is 14.8. The van der Waals surface area contributed by atoms with Crippen molar-refractivity contribution in [2.45, 2.75) is 63.4 Å². The van der Waals surface area contributed by atoms with Crippen LogP contribution in [0.25, 0.3) is 0 Å². The maximum absolute atomic E-state index is 7.61. The van der Waals surface area contributed by atoms with Gasteiger partial charge in [-0.2, -0.15) is 0 Å². The summed E-state index contributed by atoms with van der Waals surface area (Å²) in [6.45, 7) is 6.37. The second-order valence-corrected chi connectivity index (χ2v) is 17.2. The normalized spacial score (nSPS) is 14.4. The molecule has 0 atom stereocenters. The van der Waals surface area contributed by atoms with Gasteiger partial charge in [0.05, 0.1) is 0 Å². The molecule has 23 heavy (non-hydrogen) atoms. The van der Waals surface area contributed by atoms with Crippen LogP contribution in [0.3, 0.4) is 0 Å². The van der Waals surface area contributed by atoms with E-state index in [-0.39, 0.29) is 0 Å². The molecule has 0 aliphatic heterocycles. The first-order valence-electron chi connectivity index (χ1n) is 8.84. The molecule has 0 radical (unpaired) electrons. The summed E-state index contributed by atoms with van der Waals surface area (Å²) in [6, 6.07) is 10.7. The Hall–Kier alpha value is 0.520. The van der Waals surface area contributed by atoms with Gasteiger partial charge in [0.15, 0.2) is 0 Å². The predicted molar refractivity (Wildman–Crippen MR) is 112 cm³/mol. The molecule has 0 bridgehead atoms. The molecule has 0 spiro atoms. The van der Waals surface area contributed by atoms with Crippen molar-refractivity contribution >= 4 is 40.4 Å². The van der Waals surface area contributed by atoms with E-state index < -0.39 is 10.3 Å². The summed E-state index contributed by atoms with van der Waals surface area (Å²) in [4.78, 5) is 0. The third-order valence-corrected chi connectivity index (χ3v) is 12.3. The van der Waals surface area contributed by atoms with E-state index in [0.717, 1.165) is 31.1 Å². The number of hydrogen-bond donors (Lipinski definition) is 0. The molecule has 0 aliphatic rings. The van der Waals surface area contributed by atoms with E-state index in [1.54, 1.807) is 0 Å². The molecule has 0 N–H and O–H groups in total. The molecule has 0 aliphatic carbocycles. The summed E-state index contributed by atoms with van der Waals surface area (Å²) < 4.78 is -0.687. The quantitative estimate of drug-likeness (QED) is 0.261. The Labute approximate surface area is 158 Å². The minimum absolute atomic E-state index is 0.687. The van der Waals surface area contributed by atoms with E-state index in [4.69, 9.17) is 34.4 Å². The molecule has 0 aromatic heterocycles. The average molecular weight is 398 g/mol. The third kappa shape index (κ3) is 7.96. The van der Waals surface area contributed by atoms with Crippen LogP contribution in [0.5, 0.6) is 0 Å². The molecule has 0 fully saturated rings. The van der Waals surface area contributed by atoms with Crippen LogP contribution in [0.1, 0.15) is 58.4 Å². The van der Waals surface area contributed by atoms with Crippen molar-refractivity contribution in [3.8, 4) is 0 Å². The number of unbranched alkanes of at least 4 members (excludes halogenated alkanes) is 2. The average Bonchev–Trinajstić information content (AvgIpc) is 2.50. The van der Waals surface area contributed by atoms with E-state index in [9.17, 15) is 0 Å². The van der Waals surface area contributed by atoms with Gasteiger partial charge in [0.1, 0.15) is 0 Å². The summed E-state index contributed by atoms with van der Waals surface area (Å²) >= 11 is 20.2. The number of hydrogen-bond acceptors (Lipinski definition) is 0. The molecule has 0 nitrogen and oxygen atoms in total. The molecule has 0 heterocycles. The topological polar surface area (TPSA) is 0 Å². The van der Waals surface area contributed by atoms with Gasteiger partial charge in [0.25, 0.3) is 0 Å². The van der Waals surface area contributed by atoms with Crippen LogP contribution in [0.15, 0.2) is 30.3 Å². The molecule has 4 heteroatoms. The van der Waals surface area contributed by atoms with E-state index >= 15 is 0 Å². The zero-order chi connectivity index (χ0) is 17.4. The number of benzene rings is 1. The number of halogens is 3. The van der Waals surface area contributed by atoms with Crippen LogP contribution in [0, 0.1) is 0 Å². The van der Waals surface area contributed by atoms with Crippen LogP contribution < -0.4 is 0 Å². The van der Waals surface area contributed by atoms with Crippen molar-refractivity contribution in [1.82, 2.24) is 0 Å². The monoisotopic (exact) mass is 396 g/mol. The minimum atomic E-state index is -2.38. The maximum atomic E-state index is 7.61. The SMILES string of the molecule is CCCCP(Cl)(CCCC)(CCC(C)(Cl)Cl)Cc1ccccc1. The van der Waals surface area contributed by atoms with E-state index in [1.807, 2.05) is 6.92 Å². The van der Waals surface area contributed by atoms with E-state index in [1.165, 1.54) is 31.2 Å². The molecule has 0 saturated heterocycles. The Bertz CT molecular complexity index is 445. The van der Waals surface area contributed by atoms with Gasteiger partial charge < -0.3 is 0 Å². The van der Waals surface area contributed by atoms with Crippen LogP contribution >= 0.6 is 40.4 Å². The van der Waals surface area contributed by atoms with Crippen molar-refractivity contribution in [2.75, 3.05) is 18.5 Å². The van der Waals surface area contributed by atoms with Gasteiger partial charge in [-0.05, 0) is 0 Å². The van der Waals surface area contributed by atoms with Crippen molar-refractivity contribution < 1.29 is 0 Å². The summed E-state index contributed by atoms with van der Waals surface area (Å²) in [5.74, 6) is -2.38. The summed E-state index contributed by atoms with van der Waals surface area (Å²) in [7, 11) is 0. The van der Waals surface area contributed by atoms with Crippen molar-refractivity contribution in [3.63, 3.8) is 0 Å². The van der Waals surface area contributed by atoms with Crippen molar-refractivity contribution in [3.05, 3.63) is 35.9 Å². The van der Waals surface area contributed by atoms with Crippen molar-refractivity contribution in [2.24, 2.45) is 0 Å². The molecule has 0 unspecified atom stereocenters. The third-order valence-electron chi connectivity index (χ3n) is 4.67. The first kappa shape index (κ1) is 21.6. The summed E-state index contributed by atoms with van der Waals surface area (Å²) in [5, 5.41) is 0. The second kappa shape index (κ2) is 9.28. The Morgan fingerprint density at radius 1 is 0.913 bits per heavy atom. The van der Waals surface area contributed by atoms with E-state index in [0.29, 0.717) is 0 Å². The number of rotatable bonds is 11. The Morgan fingerprint density at radius 3 is 1.87 bits per heavy atom. The van der Waals surface area contributed by atoms with Crippen LogP contribution in [0.2, 0.25) is 0 Å². The fourth-order valence-electron chi connectivity index (χ4n) is 3.19. The summed E-state index contributed by atoms with van der Waals surface area (Å²) in [5.41, 5.74) is 1.36. The van der Waals surface area contributed by atoms with Crippen LogP contribution in [-0.4, -0.2) is 22.8 Å². The molecular formula is C19H32Cl3P. The first-order chi connectivity index (χ1) is 10.7. The molecule has 0 amide bonds. The van der Waals surface area contributed by atoms with Crippen LogP contribution in [0.4, 0.5) is 0 Å². The molecule has 134 valence electrons. The molecule has 1 aromatic rings. The predicted octanol–water partition coefficient (Wildman–Crippen LogP) is 8.08. The molecule has 0 saturated carbocycles. The fourth-order valence-corrected chi connectivity index (χ4v) is 10.5. The van der Waals surface area contributed by atoms with Gasteiger partial charge in [-0.15, -0.1) is 0 Å².